The fraction of sp³-hybridized carbons (Fsp3) is 0.684. The van der Waals surface area contributed by atoms with Gasteiger partial charge in [0.1, 0.15) is 5.54 Å². The normalized spacial score (nSPS) is 24.1. The molecule has 7 nitrogen and oxygen atoms in total. The summed E-state index contributed by atoms with van der Waals surface area (Å²) in [5.74, 6) is 1.04. The Morgan fingerprint density at radius 2 is 2.04 bits per heavy atom. The van der Waals surface area contributed by atoms with Crippen LogP contribution in [0.4, 0.5) is 0 Å². The summed E-state index contributed by atoms with van der Waals surface area (Å²) in [4.78, 5) is 19.3. The van der Waals surface area contributed by atoms with Gasteiger partial charge in [-0.15, -0.1) is 16.4 Å². The van der Waals surface area contributed by atoms with Crippen LogP contribution in [0.1, 0.15) is 64.9 Å². The molecular weight excluding hydrogens is 360 g/mol. The summed E-state index contributed by atoms with van der Waals surface area (Å²) >= 11 is 1.57. The molecule has 1 atom stereocenters. The summed E-state index contributed by atoms with van der Waals surface area (Å²) < 4.78 is 2.05. The molecule has 1 saturated carbocycles. The van der Waals surface area contributed by atoms with Crippen molar-refractivity contribution in [2.75, 3.05) is 27.2 Å². The number of aromatic nitrogens is 4. The van der Waals surface area contributed by atoms with Crippen LogP contribution < -0.4 is 0 Å². The smallest absolute Gasteiger partial charge is 0.264 e. The van der Waals surface area contributed by atoms with E-state index in [1.54, 1.807) is 11.3 Å². The van der Waals surface area contributed by atoms with Gasteiger partial charge in [0.25, 0.3) is 5.91 Å². The molecule has 0 N–H and O–H groups in total. The molecule has 1 amide bonds. The van der Waals surface area contributed by atoms with Crippen molar-refractivity contribution in [3.63, 3.8) is 0 Å². The number of tetrazole rings is 1. The lowest BCUT2D eigenvalue weighted by molar-refractivity contribution is 0.0253. The minimum absolute atomic E-state index is 0.124. The molecule has 1 aliphatic heterocycles. The maximum atomic E-state index is 13.1. The van der Waals surface area contributed by atoms with E-state index in [4.69, 9.17) is 0 Å². The summed E-state index contributed by atoms with van der Waals surface area (Å²) in [7, 11) is 4.16. The molecular formula is C19H28N6OS. The number of carbonyl (C=O) groups excluding carboxylic acids is 1. The van der Waals surface area contributed by atoms with Crippen LogP contribution in [0.2, 0.25) is 0 Å². The summed E-state index contributed by atoms with van der Waals surface area (Å²) in [5.41, 5.74) is -0.341. The van der Waals surface area contributed by atoms with E-state index in [0.717, 1.165) is 42.9 Å². The van der Waals surface area contributed by atoms with Crippen molar-refractivity contribution in [2.45, 2.75) is 57.0 Å². The lowest BCUT2D eigenvalue weighted by atomic mass is 9.86. The predicted molar refractivity (Wildman–Crippen MR) is 105 cm³/mol. The Labute approximate surface area is 164 Å². The molecule has 4 rings (SSSR count). The summed E-state index contributed by atoms with van der Waals surface area (Å²) in [6, 6.07) is 4.34. The third-order valence-electron chi connectivity index (χ3n) is 6.14. The highest BCUT2D eigenvalue weighted by Gasteiger charge is 2.45. The molecule has 0 bridgehead atoms. The monoisotopic (exact) mass is 388 g/mol. The third kappa shape index (κ3) is 3.29. The van der Waals surface area contributed by atoms with E-state index in [1.165, 1.54) is 17.7 Å². The van der Waals surface area contributed by atoms with E-state index in [9.17, 15) is 4.79 Å². The molecule has 0 spiro atoms. The van der Waals surface area contributed by atoms with Crippen LogP contribution >= 0.6 is 11.3 Å². The van der Waals surface area contributed by atoms with Gasteiger partial charge in [-0.05, 0) is 69.3 Å². The van der Waals surface area contributed by atoms with Gasteiger partial charge in [0.2, 0.25) is 0 Å². The van der Waals surface area contributed by atoms with Crippen LogP contribution in [0.25, 0.3) is 0 Å². The minimum atomic E-state index is -0.341. The fourth-order valence-corrected chi connectivity index (χ4v) is 5.39. The van der Waals surface area contributed by atoms with Gasteiger partial charge < -0.3 is 4.90 Å². The molecule has 3 heterocycles. The Morgan fingerprint density at radius 3 is 2.70 bits per heavy atom. The highest BCUT2D eigenvalue weighted by molar-refractivity contribution is 7.13. The van der Waals surface area contributed by atoms with Gasteiger partial charge in [-0.1, -0.05) is 12.8 Å². The van der Waals surface area contributed by atoms with E-state index in [2.05, 4.69) is 39.2 Å². The minimum Gasteiger partial charge on any atom is -0.336 e. The van der Waals surface area contributed by atoms with E-state index in [0.29, 0.717) is 12.6 Å². The highest BCUT2D eigenvalue weighted by Crippen LogP contribution is 2.38. The zero-order valence-corrected chi connectivity index (χ0v) is 17.2. The first-order valence-electron chi connectivity index (χ1n) is 9.83. The standard InChI is InChI=1S/C19H28N6OS/c1-14-9-10-16(27-14)17(26)24-12-6-11-19(13-24,23(2)3)18-20-21-22-25(18)15-7-4-5-8-15/h9-10,15H,4-8,11-13H2,1-3H3. The van der Waals surface area contributed by atoms with Gasteiger partial charge in [-0.25, -0.2) is 4.68 Å². The van der Waals surface area contributed by atoms with Crippen LogP contribution in [0.3, 0.4) is 0 Å². The number of hydrogen-bond acceptors (Lipinski definition) is 6. The van der Waals surface area contributed by atoms with E-state index >= 15 is 0 Å². The maximum absolute atomic E-state index is 13.1. The Balaban J connectivity index is 1.66. The number of thiophene rings is 1. The van der Waals surface area contributed by atoms with Crippen molar-refractivity contribution in [3.05, 3.63) is 27.7 Å². The third-order valence-corrected chi connectivity index (χ3v) is 7.13. The van der Waals surface area contributed by atoms with Crippen molar-refractivity contribution in [1.82, 2.24) is 30.0 Å². The SMILES string of the molecule is Cc1ccc(C(=O)N2CCCC(c3nnnn3C3CCCC3)(N(C)C)C2)s1. The lowest BCUT2D eigenvalue weighted by Gasteiger charge is -2.46. The van der Waals surface area contributed by atoms with Gasteiger partial charge in [-0.2, -0.15) is 0 Å². The first-order valence-corrected chi connectivity index (χ1v) is 10.6. The molecule has 0 aromatic carbocycles. The summed E-state index contributed by atoms with van der Waals surface area (Å²) in [6.45, 7) is 3.46. The second-order valence-electron chi connectivity index (χ2n) is 8.05. The Bertz CT molecular complexity index is 809. The van der Waals surface area contributed by atoms with Crippen LogP contribution in [0.15, 0.2) is 12.1 Å². The molecule has 1 saturated heterocycles. The van der Waals surface area contributed by atoms with Crippen molar-refractivity contribution < 1.29 is 4.79 Å². The molecule has 146 valence electrons. The van der Waals surface area contributed by atoms with E-state index in [-0.39, 0.29) is 11.4 Å². The number of piperidine rings is 1. The highest BCUT2D eigenvalue weighted by atomic mass is 32.1. The van der Waals surface area contributed by atoms with Crippen LogP contribution in [-0.2, 0) is 5.54 Å². The van der Waals surface area contributed by atoms with Crippen LogP contribution in [-0.4, -0.2) is 63.1 Å². The molecule has 8 heteroatoms. The zero-order chi connectivity index (χ0) is 19.0. The maximum Gasteiger partial charge on any atom is 0.264 e. The molecule has 1 aliphatic carbocycles. The molecule has 27 heavy (non-hydrogen) atoms. The van der Waals surface area contributed by atoms with Crippen molar-refractivity contribution in [3.8, 4) is 0 Å². The van der Waals surface area contributed by atoms with Crippen molar-refractivity contribution >= 4 is 17.2 Å². The molecule has 2 aromatic rings. The number of aryl methyl sites for hydroxylation is 1. The number of rotatable bonds is 4. The van der Waals surface area contributed by atoms with Gasteiger partial charge in [0.05, 0.1) is 10.9 Å². The van der Waals surface area contributed by atoms with Crippen LogP contribution in [0.5, 0.6) is 0 Å². The number of likely N-dealkylation sites (N-methyl/N-ethyl adjacent to an activating group) is 1. The number of hydrogen-bond donors (Lipinski definition) is 0. The quantitative estimate of drug-likeness (QED) is 0.806. The van der Waals surface area contributed by atoms with Gasteiger partial charge in [-0.3, -0.25) is 9.69 Å². The molecule has 1 unspecified atom stereocenters. The Hall–Kier alpha value is -1.80. The number of carbonyl (C=O) groups is 1. The van der Waals surface area contributed by atoms with Crippen LogP contribution in [0, 0.1) is 6.92 Å². The zero-order valence-electron chi connectivity index (χ0n) is 16.4. The molecule has 0 radical (unpaired) electrons. The average molecular weight is 389 g/mol. The van der Waals surface area contributed by atoms with Gasteiger partial charge in [0, 0.05) is 18.0 Å². The predicted octanol–water partition coefficient (Wildman–Crippen LogP) is 2.85. The lowest BCUT2D eigenvalue weighted by Crippen LogP contribution is -2.56. The second-order valence-corrected chi connectivity index (χ2v) is 9.34. The van der Waals surface area contributed by atoms with Gasteiger partial charge >= 0.3 is 0 Å². The molecule has 2 aromatic heterocycles. The first kappa shape index (κ1) is 18.6. The number of nitrogens with zero attached hydrogens (tertiary/aromatic N) is 6. The molecule has 2 fully saturated rings. The molecule has 2 aliphatic rings. The van der Waals surface area contributed by atoms with Crippen molar-refractivity contribution in [1.29, 1.82) is 0 Å². The number of amides is 1. The second kappa shape index (κ2) is 7.31. The van der Waals surface area contributed by atoms with E-state index in [1.807, 2.05) is 24.0 Å². The Morgan fingerprint density at radius 1 is 1.26 bits per heavy atom. The number of likely N-dealkylation sites (tertiary alicyclic amines) is 1. The van der Waals surface area contributed by atoms with E-state index < -0.39 is 0 Å². The van der Waals surface area contributed by atoms with Crippen molar-refractivity contribution in [2.24, 2.45) is 0 Å². The Kier molecular flexibility index (Phi) is 5.03. The van der Waals surface area contributed by atoms with Gasteiger partial charge in [0.15, 0.2) is 5.82 Å². The summed E-state index contributed by atoms with van der Waals surface area (Å²) in [6.07, 6.45) is 6.66. The topological polar surface area (TPSA) is 67.2 Å². The largest absolute Gasteiger partial charge is 0.336 e. The first-order chi connectivity index (χ1) is 13.0. The average Bonchev–Trinajstić information content (AvgIpc) is 3.41. The fourth-order valence-electron chi connectivity index (χ4n) is 4.56. The summed E-state index contributed by atoms with van der Waals surface area (Å²) in [5, 5.41) is 12.9.